The molecule has 1 aromatic rings. The van der Waals surface area contributed by atoms with E-state index in [0.29, 0.717) is 6.54 Å². The highest BCUT2D eigenvalue weighted by molar-refractivity contribution is 14.1. The van der Waals surface area contributed by atoms with Gasteiger partial charge in [-0.05, 0) is 29.6 Å². The van der Waals surface area contributed by atoms with E-state index in [1.165, 1.54) is 7.11 Å². The van der Waals surface area contributed by atoms with Gasteiger partial charge in [0.25, 0.3) is 0 Å². The zero-order valence-corrected chi connectivity index (χ0v) is 10.2. The Bertz CT molecular complexity index is 313. The fourth-order valence-corrected chi connectivity index (χ4v) is 1.50. The Kier molecular flexibility index (Phi) is 4.33. The number of esters is 1. The quantitative estimate of drug-likeness (QED) is 0.640. The lowest BCUT2D eigenvalue weighted by Gasteiger charge is -2.12. The first-order valence-electron chi connectivity index (χ1n) is 4.10. The van der Waals surface area contributed by atoms with E-state index in [4.69, 9.17) is 0 Å². The second-order valence-electron chi connectivity index (χ2n) is 2.75. The molecule has 0 bridgehead atoms. The van der Waals surface area contributed by atoms with Crippen LogP contribution in [0.4, 0.5) is 0 Å². The Morgan fingerprint density at radius 2 is 2.57 bits per heavy atom. The number of halogens is 1. The van der Waals surface area contributed by atoms with Gasteiger partial charge in [0.15, 0.2) is 0 Å². The molecule has 0 amide bonds. The first kappa shape index (κ1) is 11.4. The Morgan fingerprint density at radius 1 is 1.86 bits per heavy atom. The van der Waals surface area contributed by atoms with Crippen LogP contribution in [0.5, 0.6) is 0 Å². The van der Waals surface area contributed by atoms with E-state index in [-0.39, 0.29) is 12.0 Å². The molecule has 0 aliphatic rings. The van der Waals surface area contributed by atoms with Crippen LogP contribution in [0.2, 0.25) is 0 Å². The van der Waals surface area contributed by atoms with Gasteiger partial charge in [-0.3, -0.25) is 9.48 Å². The molecule has 0 aliphatic carbocycles. The number of carbonyl (C=O) groups excluding carboxylic acids is 1. The molecule has 0 saturated heterocycles. The summed E-state index contributed by atoms with van der Waals surface area (Å²) in [5.74, 6) is -0.280. The summed E-state index contributed by atoms with van der Waals surface area (Å²) in [6, 6.07) is -0.351. The lowest BCUT2D eigenvalue weighted by molar-refractivity contribution is -0.143. The van der Waals surface area contributed by atoms with Gasteiger partial charge in [-0.2, -0.15) is 5.10 Å². The number of aromatic nitrogens is 2. The van der Waals surface area contributed by atoms with Crippen molar-refractivity contribution in [3.63, 3.8) is 0 Å². The van der Waals surface area contributed by atoms with Gasteiger partial charge in [0, 0.05) is 6.20 Å². The van der Waals surface area contributed by atoms with Crippen LogP contribution in [0.15, 0.2) is 12.4 Å². The molecule has 6 heteroatoms. The van der Waals surface area contributed by atoms with E-state index >= 15 is 0 Å². The molecule has 5 nitrogen and oxygen atoms in total. The summed E-state index contributed by atoms with van der Waals surface area (Å²) >= 11 is 2.17. The lowest BCUT2D eigenvalue weighted by atomic mass is 10.3. The van der Waals surface area contributed by atoms with Crippen LogP contribution in [-0.2, 0) is 16.1 Å². The summed E-state index contributed by atoms with van der Waals surface area (Å²) in [5.41, 5.74) is 0. The van der Waals surface area contributed by atoms with Gasteiger partial charge in [-0.25, -0.2) is 0 Å². The van der Waals surface area contributed by atoms with E-state index < -0.39 is 0 Å². The van der Waals surface area contributed by atoms with Gasteiger partial charge in [-0.1, -0.05) is 0 Å². The van der Waals surface area contributed by atoms with Crippen LogP contribution in [-0.4, -0.2) is 35.9 Å². The van der Waals surface area contributed by atoms with Crippen molar-refractivity contribution in [3.8, 4) is 0 Å². The number of ether oxygens (including phenoxy) is 1. The molecule has 0 fully saturated rings. The predicted molar refractivity (Wildman–Crippen MR) is 59.8 cm³/mol. The molecular formula is C8H12IN3O2. The van der Waals surface area contributed by atoms with Crippen LogP contribution in [0.3, 0.4) is 0 Å². The smallest absolute Gasteiger partial charge is 0.324 e. The monoisotopic (exact) mass is 309 g/mol. The first-order valence-corrected chi connectivity index (χ1v) is 5.18. The molecule has 78 valence electrons. The highest BCUT2D eigenvalue weighted by atomic mass is 127. The Labute approximate surface area is 96.0 Å². The van der Waals surface area contributed by atoms with Gasteiger partial charge >= 0.3 is 5.97 Å². The molecule has 1 heterocycles. The summed E-state index contributed by atoms with van der Waals surface area (Å²) in [7, 11) is 3.09. The molecule has 0 aromatic carbocycles. The Morgan fingerprint density at radius 3 is 3.00 bits per heavy atom. The van der Waals surface area contributed by atoms with Crippen LogP contribution in [0, 0.1) is 3.57 Å². The molecule has 0 radical (unpaired) electrons. The number of hydrogen-bond donors (Lipinski definition) is 1. The highest BCUT2D eigenvalue weighted by Crippen LogP contribution is 2.02. The third-order valence-corrected chi connectivity index (χ3v) is 2.36. The van der Waals surface area contributed by atoms with Crippen LogP contribution in [0.25, 0.3) is 0 Å². The molecule has 1 aromatic heterocycles. The molecule has 1 unspecified atom stereocenters. The number of rotatable bonds is 4. The van der Waals surface area contributed by atoms with E-state index in [2.05, 4.69) is 37.7 Å². The number of hydrogen-bond acceptors (Lipinski definition) is 4. The zero-order valence-electron chi connectivity index (χ0n) is 8.03. The molecule has 0 aliphatic heterocycles. The maximum absolute atomic E-state index is 11.2. The van der Waals surface area contributed by atoms with Crippen molar-refractivity contribution in [1.82, 2.24) is 15.1 Å². The SMILES string of the molecule is CNC(Cn1cc(I)cn1)C(=O)OC. The normalized spacial score (nSPS) is 12.5. The average Bonchev–Trinajstić information content (AvgIpc) is 2.59. The largest absolute Gasteiger partial charge is 0.468 e. The first-order chi connectivity index (χ1) is 6.67. The predicted octanol–water partition coefficient (Wildman–Crippen LogP) is 0.249. The molecule has 14 heavy (non-hydrogen) atoms. The Hall–Kier alpha value is -0.630. The van der Waals surface area contributed by atoms with Crippen molar-refractivity contribution in [2.24, 2.45) is 0 Å². The average molecular weight is 309 g/mol. The number of nitrogens with zero attached hydrogens (tertiary/aromatic N) is 2. The van der Waals surface area contributed by atoms with Gasteiger partial charge < -0.3 is 10.1 Å². The van der Waals surface area contributed by atoms with Crippen molar-refractivity contribution in [2.75, 3.05) is 14.2 Å². The summed E-state index contributed by atoms with van der Waals surface area (Å²) in [5, 5.41) is 6.95. The highest BCUT2D eigenvalue weighted by Gasteiger charge is 2.17. The van der Waals surface area contributed by atoms with Crippen molar-refractivity contribution in [1.29, 1.82) is 0 Å². The second-order valence-corrected chi connectivity index (χ2v) is 3.99. The lowest BCUT2D eigenvalue weighted by Crippen LogP contribution is -2.38. The second kappa shape index (κ2) is 5.30. The fourth-order valence-electron chi connectivity index (χ4n) is 1.05. The van der Waals surface area contributed by atoms with Crippen LogP contribution >= 0.6 is 22.6 Å². The zero-order chi connectivity index (χ0) is 10.6. The summed E-state index contributed by atoms with van der Waals surface area (Å²) in [4.78, 5) is 11.2. The number of carbonyl (C=O) groups is 1. The van der Waals surface area contributed by atoms with E-state index in [1.54, 1.807) is 17.9 Å². The number of methoxy groups -OCH3 is 1. The molecule has 0 saturated carbocycles. The topological polar surface area (TPSA) is 56.2 Å². The van der Waals surface area contributed by atoms with Gasteiger partial charge in [0.2, 0.25) is 0 Å². The molecule has 1 N–H and O–H groups in total. The van der Waals surface area contributed by atoms with E-state index in [1.807, 2.05) is 6.20 Å². The number of nitrogens with one attached hydrogen (secondary N) is 1. The third kappa shape index (κ3) is 2.95. The minimum Gasteiger partial charge on any atom is -0.468 e. The molecular weight excluding hydrogens is 297 g/mol. The van der Waals surface area contributed by atoms with E-state index in [9.17, 15) is 4.79 Å². The minimum absolute atomic E-state index is 0.280. The van der Waals surface area contributed by atoms with Gasteiger partial charge in [0.1, 0.15) is 6.04 Å². The van der Waals surface area contributed by atoms with Gasteiger partial charge in [0.05, 0.1) is 23.4 Å². The summed E-state index contributed by atoms with van der Waals surface area (Å²) in [6.45, 7) is 0.478. The minimum atomic E-state index is -0.351. The van der Waals surface area contributed by atoms with E-state index in [0.717, 1.165) is 3.57 Å². The van der Waals surface area contributed by atoms with Crippen molar-refractivity contribution in [2.45, 2.75) is 12.6 Å². The van der Waals surface area contributed by atoms with Crippen molar-refractivity contribution >= 4 is 28.6 Å². The molecule has 0 spiro atoms. The summed E-state index contributed by atoms with van der Waals surface area (Å²) in [6.07, 6.45) is 3.61. The van der Waals surface area contributed by atoms with Gasteiger partial charge in [-0.15, -0.1) is 0 Å². The number of likely N-dealkylation sites (N-methyl/N-ethyl adjacent to an activating group) is 1. The fraction of sp³-hybridized carbons (Fsp3) is 0.500. The Balaban J connectivity index is 2.61. The van der Waals surface area contributed by atoms with Crippen molar-refractivity contribution in [3.05, 3.63) is 16.0 Å². The molecule has 1 atom stereocenters. The summed E-state index contributed by atoms with van der Waals surface area (Å²) < 4.78 is 7.39. The third-order valence-electron chi connectivity index (χ3n) is 1.81. The van der Waals surface area contributed by atoms with Crippen molar-refractivity contribution < 1.29 is 9.53 Å². The maximum atomic E-state index is 11.2. The van der Waals surface area contributed by atoms with Crippen LogP contribution < -0.4 is 5.32 Å². The molecule has 1 rings (SSSR count). The standard InChI is InChI=1S/C8H12IN3O2/c1-10-7(8(13)14-2)5-12-4-6(9)3-11-12/h3-4,7,10H,5H2,1-2H3. The maximum Gasteiger partial charge on any atom is 0.324 e. The van der Waals surface area contributed by atoms with Crippen LogP contribution in [0.1, 0.15) is 0 Å².